The van der Waals surface area contributed by atoms with E-state index in [1.807, 2.05) is 0 Å². The van der Waals surface area contributed by atoms with Crippen LogP contribution in [0.5, 0.6) is 0 Å². The fourth-order valence-corrected chi connectivity index (χ4v) is 1.87. The molecule has 0 aliphatic heterocycles. The van der Waals surface area contributed by atoms with Gasteiger partial charge in [-0.1, -0.05) is 0 Å². The monoisotopic (exact) mass is 250 g/mol. The van der Waals surface area contributed by atoms with Gasteiger partial charge in [-0.3, -0.25) is 4.90 Å². The van der Waals surface area contributed by atoms with E-state index in [-0.39, 0.29) is 0 Å². The van der Waals surface area contributed by atoms with Crippen molar-refractivity contribution < 1.29 is 17.6 Å². The SMILES string of the molecule is Cc1ccc(C(C(C)N)N(C)CC(F)(F)F)o1. The van der Waals surface area contributed by atoms with Crippen LogP contribution in [-0.4, -0.2) is 30.7 Å². The van der Waals surface area contributed by atoms with Crippen LogP contribution in [0.4, 0.5) is 13.2 Å². The van der Waals surface area contributed by atoms with E-state index in [9.17, 15) is 13.2 Å². The molecule has 2 N–H and O–H groups in total. The average Bonchev–Trinajstić information content (AvgIpc) is 2.47. The largest absolute Gasteiger partial charge is 0.465 e. The lowest BCUT2D eigenvalue weighted by atomic mass is 10.1. The standard InChI is InChI=1S/C11H17F3N2O/c1-7-4-5-9(17-7)10(8(2)15)16(3)6-11(12,13)14/h4-5,8,10H,6,15H2,1-3H3. The lowest BCUT2D eigenvalue weighted by Gasteiger charge is -2.29. The number of halogens is 3. The van der Waals surface area contributed by atoms with Crippen LogP contribution in [0.15, 0.2) is 16.5 Å². The predicted octanol–water partition coefficient (Wildman–Crippen LogP) is 2.47. The number of hydrogen-bond donors (Lipinski definition) is 1. The van der Waals surface area contributed by atoms with Gasteiger partial charge in [0.25, 0.3) is 0 Å². The van der Waals surface area contributed by atoms with Crippen LogP contribution in [0, 0.1) is 6.92 Å². The zero-order valence-electron chi connectivity index (χ0n) is 10.1. The van der Waals surface area contributed by atoms with E-state index < -0.39 is 24.8 Å². The number of furan rings is 1. The summed E-state index contributed by atoms with van der Waals surface area (Å²) in [5.41, 5.74) is 5.73. The minimum absolute atomic E-state index is 0.451. The maximum absolute atomic E-state index is 12.3. The molecule has 0 radical (unpaired) electrons. The number of nitrogens with two attached hydrogens (primary N) is 1. The van der Waals surface area contributed by atoms with Crippen molar-refractivity contribution in [3.8, 4) is 0 Å². The molecule has 0 amide bonds. The van der Waals surface area contributed by atoms with Gasteiger partial charge < -0.3 is 10.2 Å². The van der Waals surface area contributed by atoms with Crippen LogP contribution >= 0.6 is 0 Å². The Balaban J connectivity index is 2.86. The number of aryl methyl sites for hydroxylation is 1. The second-order valence-corrected chi connectivity index (χ2v) is 4.28. The van der Waals surface area contributed by atoms with Gasteiger partial charge in [0.1, 0.15) is 11.5 Å². The minimum atomic E-state index is -4.25. The number of likely N-dealkylation sites (N-methyl/N-ethyl adjacent to an activating group) is 1. The second kappa shape index (κ2) is 5.10. The first kappa shape index (κ1) is 14.1. The molecule has 3 nitrogen and oxygen atoms in total. The third-order valence-corrected chi connectivity index (χ3v) is 2.45. The first-order chi connectivity index (χ1) is 7.70. The highest BCUT2D eigenvalue weighted by atomic mass is 19.4. The summed E-state index contributed by atoms with van der Waals surface area (Å²) < 4.78 is 42.4. The molecular formula is C11H17F3N2O. The summed E-state index contributed by atoms with van der Waals surface area (Å²) in [5, 5.41) is 0. The van der Waals surface area contributed by atoms with E-state index >= 15 is 0 Å². The Morgan fingerprint density at radius 1 is 1.41 bits per heavy atom. The summed E-state index contributed by atoms with van der Waals surface area (Å²) in [4.78, 5) is 1.16. The third-order valence-electron chi connectivity index (χ3n) is 2.45. The van der Waals surface area contributed by atoms with Crippen LogP contribution in [0.2, 0.25) is 0 Å². The highest BCUT2D eigenvalue weighted by molar-refractivity contribution is 5.11. The Labute approximate surface area is 98.4 Å². The van der Waals surface area contributed by atoms with Crippen molar-refractivity contribution >= 4 is 0 Å². The Bertz CT molecular complexity index is 360. The average molecular weight is 250 g/mol. The summed E-state index contributed by atoms with van der Waals surface area (Å²) in [6.45, 7) is 2.39. The van der Waals surface area contributed by atoms with Crippen LogP contribution in [0.1, 0.15) is 24.5 Å². The maximum Gasteiger partial charge on any atom is 0.401 e. The highest BCUT2D eigenvalue weighted by Crippen LogP contribution is 2.27. The molecule has 6 heteroatoms. The topological polar surface area (TPSA) is 42.4 Å². The number of nitrogens with zero attached hydrogens (tertiary/aromatic N) is 1. The van der Waals surface area contributed by atoms with E-state index in [1.54, 1.807) is 26.0 Å². The second-order valence-electron chi connectivity index (χ2n) is 4.28. The van der Waals surface area contributed by atoms with Gasteiger partial charge in [-0.2, -0.15) is 13.2 Å². The highest BCUT2D eigenvalue weighted by Gasteiger charge is 2.34. The van der Waals surface area contributed by atoms with Crippen molar-refractivity contribution in [3.05, 3.63) is 23.7 Å². The lowest BCUT2D eigenvalue weighted by molar-refractivity contribution is -0.149. The van der Waals surface area contributed by atoms with Gasteiger partial charge in [0.2, 0.25) is 0 Å². The quantitative estimate of drug-likeness (QED) is 0.892. The van der Waals surface area contributed by atoms with Gasteiger partial charge in [-0.15, -0.1) is 0 Å². The normalized spacial score (nSPS) is 16.2. The lowest BCUT2D eigenvalue weighted by Crippen LogP contribution is -2.41. The summed E-state index contributed by atoms with van der Waals surface area (Å²) in [6, 6.07) is 2.35. The third kappa shape index (κ3) is 4.05. The predicted molar refractivity (Wildman–Crippen MR) is 58.5 cm³/mol. The molecule has 17 heavy (non-hydrogen) atoms. The summed E-state index contributed by atoms with van der Waals surface area (Å²) in [6.07, 6.45) is -4.25. The molecule has 0 bridgehead atoms. The molecule has 0 spiro atoms. The Morgan fingerprint density at radius 2 is 2.00 bits per heavy atom. The fourth-order valence-electron chi connectivity index (χ4n) is 1.87. The van der Waals surface area contributed by atoms with E-state index in [0.717, 1.165) is 4.90 Å². The molecule has 0 saturated heterocycles. The molecule has 98 valence electrons. The number of alkyl halides is 3. The first-order valence-electron chi connectivity index (χ1n) is 5.29. The summed E-state index contributed by atoms with van der Waals surface area (Å²) in [5.74, 6) is 1.12. The van der Waals surface area contributed by atoms with E-state index in [0.29, 0.717) is 11.5 Å². The number of hydrogen-bond acceptors (Lipinski definition) is 3. The van der Waals surface area contributed by atoms with Crippen molar-refractivity contribution in [1.29, 1.82) is 0 Å². The molecule has 0 aliphatic carbocycles. The van der Waals surface area contributed by atoms with Crippen molar-refractivity contribution in [3.63, 3.8) is 0 Å². The number of rotatable bonds is 4. The molecule has 0 fully saturated rings. The van der Waals surface area contributed by atoms with Crippen LogP contribution in [0.25, 0.3) is 0 Å². The van der Waals surface area contributed by atoms with Gasteiger partial charge in [0.15, 0.2) is 0 Å². The molecular weight excluding hydrogens is 233 g/mol. The molecule has 0 aromatic carbocycles. The van der Waals surface area contributed by atoms with Crippen molar-refractivity contribution in [1.82, 2.24) is 4.90 Å². The Hall–Kier alpha value is -1.01. The molecule has 1 aromatic heterocycles. The van der Waals surface area contributed by atoms with Gasteiger partial charge in [0.05, 0.1) is 12.6 Å². The Kier molecular flexibility index (Phi) is 4.21. The molecule has 0 aliphatic rings. The van der Waals surface area contributed by atoms with E-state index in [2.05, 4.69) is 0 Å². The van der Waals surface area contributed by atoms with Crippen molar-refractivity contribution in [2.75, 3.05) is 13.6 Å². The van der Waals surface area contributed by atoms with Gasteiger partial charge in [-0.25, -0.2) is 0 Å². The summed E-state index contributed by atoms with van der Waals surface area (Å²) in [7, 11) is 1.39. The molecule has 2 atom stereocenters. The fraction of sp³-hybridized carbons (Fsp3) is 0.636. The van der Waals surface area contributed by atoms with Gasteiger partial charge in [-0.05, 0) is 33.0 Å². The maximum atomic E-state index is 12.3. The van der Waals surface area contributed by atoms with Crippen LogP contribution < -0.4 is 5.73 Å². The molecule has 1 heterocycles. The smallest absolute Gasteiger partial charge is 0.401 e. The Morgan fingerprint density at radius 3 is 2.35 bits per heavy atom. The zero-order valence-corrected chi connectivity index (χ0v) is 10.1. The molecule has 1 rings (SSSR count). The van der Waals surface area contributed by atoms with Gasteiger partial charge in [0, 0.05) is 6.04 Å². The zero-order chi connectivity index (χ0) is 13.2. The van der Waals surface area contributed by atoms with Crippen molar-refractivity contribution in [2.45, 2.75) is 32.1 Å². The van der Waals surface area contributed by atoms with Crippen molar-refractivity contribution in [2.24, 2.45) is 5.73 Å². The molecule has 0 saturated carbocycles. The van der Waals surface area contributed by atoms with E-state index in [1.165, 1.54) is 7.05 Å². The minimum Gasteiger partial charge on any atom is -0.465 e. The van der Waals surface area contributed by atoms with Crippen LogP contribution in [-0.2, 0) is 0 Å². The molecule has 1 aromatic rings. The summed E-state index contributed by atoms with van der Waals surface area (Å²) >= 11 is 0. The van der Waals surface area contributed by atoms with Crippen LogP contribution in [0.3, 0.4) is 0 Å². The molecule has 2 unspecified atom stereocenters. The van der Waals surface area contributed by atoms with E-state index in [4.69, 9.17) is 10.2 Å². The van der Waals surface area contributed by atoms with Gasteiger partial charge >= 0.3 is 6.18 Å². The first-order valence-corrected chi connectivity index (χ1v) is 5.29.